The van der Waals surface area contributed by atoms with Gasteiger partial charge in [-0.2, -0.15) is 0 Å². The lowest BCUT2D eigenvalue weighted by molar-refractivity contribution is -0.149. The van der Waals surface area contributed by atoms with E-state index >= 15 is 0 Å². The summed E-state index contributed by atoms with van der Waals surface area (Å²) < 4.78 is 31.7. The number of carbonyl (C=O) groups is 2. The van der Waals surface area contributed by atoms with Gasteiger partial charge in [-0.3, -0.25) is 14.6 Å². The van der Waals surface area contributed by atoms with E-state index < -0.39 is 11.6 Å². The Labute approximate surface area is 156 Å². The molecule has 1 aliphatic heterocycles. The average molecular weight is 374 g/mol. The number of carbonyl (C=O) groups excluding carboxylic acids is 2. The number of hydrogen-bond donors (Lipinski definition) is 0. The van der Waals surface area contributed by atoms with Crippen LogP contribution in [0.3, 0.4) is 0 Å². The number of esters is 1. The molecule has 1 aromatic carbocycles. The molecule has 1 unspecified atom stereocenters. The van der Waals surface area contributed by atoms with E-state index in [2.05, 4.69) is 4.98 Å². The molecule has 0 N–H and O–H groups in total. The van der Waals surface area contributed by atoms with E-state index in [4.69, 9.17) is 4.74 Å². The maximum absolute atomic E-state index is 13.5. The molecule has 0 spiro atoms. The molecule has 3 rings (SSSR count). The molecule has 27 heavy (non-hydrogen) atoms. The minimum atomic E-state index is -0.961. The molecule has 1 aromatic heterocycles. The minimum absolute atomic E-state index is 0.249. The lowest BCUT2D eigenvalue weighted by atomic mass is 9.97. The summed E-state index contributed by atoms with van der Waals surface area (Å²) in [7, 11) is 0. The molecule has 0 saturated carbocycles. The number of piperidine rings is 1. The smallest absolute Gasteiger partial charge is 0.310 e. The van der Waals surface area contributed by atoms with Crippen LogP contribution in [0.4, 0.5) is 8.78 Å². The predicted molar refractivity (Wildman–Crippen MR) is 94.8 cm³/mol. The Balaban J connectivity index is 1.79. The van der Waals surface area contributed by atoms with Crippen LogP contribution in [0.5, 0.6) is 0 Å². The normalized spacial score (nSPS) is 16.9. The number of amides is 1. The van der Waals surface area contributed by atoms with Gasteiger partial charge in [0.05, 0.1) is 18.1 Å². The van der Waals surface area contributed by atoms with Crippen molar-refractivity contribution in [1.82, 2.24) is 9.88 Å². The summed E-state index contributed by atoms with van der Waals surface area (Å²) in [6, 6.07) is 5.13. The van der Waals surface area contributed by atoms with Crippen molar-refractivity contribution in [1.29, 1.82) is 0 Å². The first-order valence-electron chi connectivity index (χ1n) is 8.86. The summed E-state index contributed by atoms with van der Waals surface area (Å²) in [6.45, 7) is 2.90. The van der Waals surface area contributed by atoms with Gasteiger partial charge in [0.2, 0.25) is 0 Å². The van der Waals surface area contributed by atoms with Crippen molar-refractivity contribution in [3.63, 3.8) is 0 Å². The van der Waals surface area contributed by atoms with Gasteiger partial charge in [0.15, 0.2) is 11.6 Å². The van der Waals surface area contributed by atoms with Gasteiger partial charge >= 0.3 is 5.97 Å². The molecule has 1 aliphatic rings. The number of pyridine rings is 1. The second-order valence-corrected chi connectivity index (χ2v) is 6.43. The van der Waals surface area contributed by atoms with Gasteiger partial charge in [0, 0.05) is 31.0 Å². The molecular weight excluding hydrogens is 354 g/mol. The average Bonchev–Trinajstić information content (AvgIpc) is 2.70. The molecule has 2 heterocycles. The number of benzene rings is 1. The Morgan fingerprint density at radius 3 is 2.74 bits per heavy atom. The number of ether oxygens (including phenoxy) is 1. The molecule has 1 saturated heterocycles. The summed E-state index contributed by atoms with van der Waals surface area (Å²) in [5.74, 6) is -2.76. The van der Waals surface area contributed by atoms with Crippen molar-refractivity contribution in [2.24, 2.45) is 5.92 Å². The Morgan fingerprint density at radius 2 is 2.00 bits per heavy atom. The van der Waals surface area contributed by atoms with Gasteiger partial charge in [0.1, 0.15) is 0 Å². The standard InChI is InChI=1S/C20H20F2N2O3/c1-2-27-20(26)14-4-3-7-24(12-14)19(25)16-8-15(10-23-11-16)13-5-6-17(21)18(22)9-13/h5-6,8-11,14H,2-4,7,12H2,1H3. The second kappa shape index (κ2) is 8.24. The summed E-state index contributed by atoms with van der Waals surface area (Å²) in [6.07, 6.45) is 4.32. The molecule has 0 bridgehead atoms. The highest BCUT2D eigenvalue weighted by molar-refractivity contribution is 5.95. The highest BCUT2D eigenvalue weighted by Crippen LogP contribution is 2.24. The Hall–Kier alpha value is -2.83. The van der Waals surface area contributed by atoms with Gasteiger partial charge in [-0.05, 0) is 43.5 Å². The third kappa shape index (κ3) is 4.30. The van der Waals surface area contributed by atoms with Crippen molar-refractivity contribution in [2.75, 3.05) is 19.7 Å². The number of likely N-dealkylation sites (tertiary alicyclic amines) is 1. The van der Waals surface area contributed by atoms with Gasteiger partial charge in [-0.15, -0.1) is 0 Å². The molecule has 2 aromatic rings. The van der Waals surface area contributed by atoms with Crippen LogP contribution in [-0.2, 0) is 9.53 Å². The molecule has 0 radical (unpaired) electrons. The van der Waals surface area contributed by atoms with Crippen LogP contribution in [0.2, 0.25) is 0 Å². The third-order valence-electron chi connectivity index (χ3n) is 4.57. The maximum Gasteiger partial charge on any atom is 0.310 e. The first-order chi connectivity index (χ1) is 13.0. The number of rotatable bonds is 4. The van der Waals surface area contributed by atoms with E-state index in [0.29, 0.717) is 49.2 Å². The first kappa shape index (κ1) is 18.9. The first-order valence-corrected chi connectivity index (χ1v) is 8.86. The van der Waals surface area contributed by atoms with Gasteiger partial charge < -0.3 is 9.64 Å². The lowest BCUT2D eigenvalue weighted by Gasteiger charge is -2.31. The monoisotopic (exact) mass is 374 g/mol. The SMILES string of the molecule is CCOC(=O)C1CCCN(C(=O)c2cncc(-c3ccc(F)c(F)c3)c2)C1. The highest BCUT2D eigenvalue weighted by atomic mass is 19.2. The van der Waals surface area contributed by atoms with Crippen molar-refractivity contribution in [2.45, 2.75) is 19.8 Å². The fourth-order valence-corrected chi connectivity index (χ4v) is 3.19. The van der Waals surface area contributed by atoms with Crippen LogP contribution in [0.1, 0.15) is 30.1 Å². The predicted octanol–water partition coefficient (Wildman–Crippen LogP) is 3.44. The highest BCUT2D eigenvalue weighted by Gasteiger charge is 2.30. The fourth-order valence-electron chi connectivity index (χ4n) is 3.19. The summed E-state index contributed by atoms with van der Waals surface area (Å²) >= 11 is 0. The molecule has 1 fully saturated rings. The number of hydrogen-bond acceptors (Lipinski definition) is 4. The summed E-state index contributed by atoms with van der Waals surface area (Å²) in [5.41, 5.74) is 1.28. The molecule has 1 atom stereocenters. The van der Waals surface area contributed by atoms with Crippen molar-refractivity contribution < 1.29 is 23.1 Å². The van der Waals surface area contributed by atoms with Crippen molar-refractivity contribution in [3.05, 3.63) is 53.9 Å². The largest absolute Gasteiger partial charge is 0.466 e. The van der Waals surface area contributed by atoms with E-state index in [1.165, 1.54) is 18.5 Å². The molecule has 142 valence electrons. The van der Waals surface area contributed by atoms with E-state index in [1.54, 1.807) is 17.9 Å². The zero-order valence-corrected chi connectivity index (χ0v) is 15.0. The molecular formula is C20H20F2N2O3. The molecule has 1 amide bonds. The van der Waals surface area contributed by atoms with E-state index in [-0.39, 0.29) is 17.8 Å². The number of nitrogens with zero attached hydrogens (tertiary/aromatic N) is 2. The number of halogens is 2. The second-order valence-electron chi connectivity index (χ2n) is 6.43. The zero-order chi connectivity index (χ0) is 19.4. The molecule has 7 heteroatoms. The molecule has 5 nitrogen and oxygen atoms in total. The van der Waals surface area contributed by atoms with Crippen LogP contribution in [0.25, 0.3) is 11.1 Å². The minimum Gasteiger partial charge on any atom is -0.466 e. The van der Waals surface area contributed by atoms with E-state index in [1.807, 2.05) is 0 Å². The van der Waals surface area contributed by atoms with Gasteiger partial charge in [0.25, 0.3) is 5.91 Å². The van der Waals surface area contributed by atoms with E-state index in [9.17, 15) is 18.4 Å². The topological polar surface area (TPSA) is 59.5 Å². The van der Waals surface area contributed by atoms with Crippen LogP contribution < -0.4 is 0 Å². The molecule has 0 aliphatic carbocycles. The van der Waals surface area contributed by atoms with E-state index in [0.717, 1.165) is 12.1 Å². The summed E-state index contributed by atoms with van der Waals surface area (Å²) in [4.78, 5) is 30.5. The van der Waals surface area contributed by atoms with Crippen LogP contribution in [0, 0.1) is 17.6 Å². The third-order valence-corrected chi connectivity index (χ3v) is 4.57. The summed E-state index contributed by atoms with van der Waals surface area (Å²) in [5, 5.41) is 0. The number of aromatic nitrogens is 1. The zero-order valence-electron chi connectivity index (χ0n) is 15.0. The van der Waals surface area contributed by atoms with Crippen molar-refractivity contribution >= 4 is 11.9 Å². The van der Waals surface area contributed by atoms with Crippen LogP contribution in [-0.4, -0.2) is 41.5 Å². The maximum atomic E-state index is 13.5. The van der Waals surface area contributed by atoms with Crippen LogP contribution >= 0.6 is 0 Å². The Bertz CT molecular complexity index is 857. The Morgan fingerprint density at radius 1 is 1.19 bits per heavy atom. The quantitative estimate of drug-likeness (QED) is 0.770. The lowest BCUT2D eigenvalue weighted by Crippen LogP contribution is -2.42. The van der Waals surface area contributed by atoms with Crippen molar-refractivity contribution in [3.8, 4) is 11.1 Å². The van der Waals surface area contributed by atoms with Gasteiger partial charge in [-0.1, -0.05) is 6.07 Å². The Kier molecular flexibility index (Phi) is 5.78. The van der Waals surface area contributed by atoms with Gasteiger partial charge in [-0.25, -0.2) is 8.78 Å². The fraction of sp³-hybridized carbons (Fsp3) is 0.350. The van der Waals surface area contributed by atoms with Crippen LogP contribution in [0.15, 0.2) is 36.7 Å².